The van der Waals surface area contributed by atoms with E-state index in [1.165, 1.54) is 6.19 Å². The number of nitriles is 1. The number of carbonyl (C=O) groups is 1. The van der Waals surface area contributed by atoms with Crippen LogP contribution in [0.3, 0.4) is 0 Å². The number of carbonyl (C=O) groups excluding carboxylic acids is 1. The molecule has 0 aliphatic rings. The maximum atomic E-state index is 9.96. The number of hydrogen-bond donors (Lipinski definition) is 1. The molecule has 0 bridgehead atoms. The first-order valence-electron chi connectivity index (χ1n) is 1.62. The van der Waals surface area contributed by atoms with Crippen molar-refractivity contribution in [1.82, 2.24) is 5.32 Å². The summed E-state index contributed by atoms with van der Waals surface area (Å²) in [5.74, 6) is -0.470. The van der Waals surface area contributed by atoms with Gasteiger partial charge in [-0.2, -0.15) is 5.26 Å². The molecular formula is C4H4N2O. The molecule has 0 heterocycles. The van der Waals surface area contributed by atoms with Gasteiger partial charge in [0.2, 0.25) is 0 Å². The third-order valence-electron chi connectivity index (χ3n) is 0.364. The molecule has 0 aromatic carbocycles. The Kier molecular flexibility index (Phi) is 2.37. The Balaban J connectivity index is 3.42. The average Bonchev–Trinajstić information content (AvgIpc) is 1.68. The summed E-state index contributed by atoms with van der Waals surface area (Å²) in [5.41, 5.74) is 0. The Morgan fingerprint density at radius 2 is 2.57 bits per heavy atom. The molecule has 0 aliphatic carbocycles. The third-order valence-corrected chi connectivity index (χ3v) is 0.364. The lowest BCUT2D eigenvalue weighted by molar-refractivity contribution is -0.115. The Labute approximate surface area is 41.2 Å². The molecule has 0 fully saturated rings. The van der Waals surface area contributed by atoms with Crippen LogP contribution < -0.4 is 5.32 Å². The first-order valence-corrected chi connectivity index (χ1v) is 1.62. The van der Waals surface area contributed by atoms with Crippen LogP contribution in [0.2, 0.25) is 0 Å². The molecule has 0 aromatic heterocycles. The summed E-state index contributed by atoms with van der Waals surface area (Å²) in [6.07, 6.45) is 2.48. The van der Waals surface area contributed by atoms with Gasteiger partial charge in [0.05, 0.1) is 0 Å². The van der Waals surface area contributed by atoms with E-state index >= 15 is 0 Å². The fraction of sp³-hybridized carbons (Fsp3) is 0. The first kappa shape index (κ1) is 5.70. The lowest BCUT2D eigenvalue weighted by Crippen LogP contribution is -2.12. The number of rotatable bonds is 1. The molecule has 3 heteroatoms. The second kappa shape index (κ2) is 2.91. The molecule has 0 rings (SSSR count). The van der Waals surface area contributed by atoms with E-state index in [9.17, 15) is 4.79 Å². The van der Waals surface area contributed by atoms with Crippen molar-refractivity contribution in [2.75, 3.05) is 0 Å². The van der Waals surface area contributed by atoms with E-state index in [1.54, 1.807) is 0 Å². The molecule has 7 heavy (non-hydrogen) atoms. The molecule has 0 radical (unpaired) electrons. The number of hydrogen-bond acceptors (Lipinski definition) is 2. The van der Waals surface area contributed by atoms with Gasteiger partial charge in [-0.15, -0.1) is 0 Å². The summed E-state index contributed by atoms with van der Waals surface area (Å²) in [7, 11) is 0. The van der Waals surface area contributed by atoms with Crippen LogP contribution in [-0.4, -0.2) is 5.91 Å². The molecule has 0 atom stereocenters. The van der Waals surface area contributed by atoms with Crippen molar-refractivity contribution in [1.29, 1.82) is 5.26 Å². The lowest BCUT2D eigenvalue weighted by Gasteiger charge is -1.79. The summed E-state index contributed by atoms with van der Waals surface area (Å²) in [4.78, 5) is 9.96. The molecule has 0 unspecified atom stereocenters. The molecule has 3 nitrogen and oxygen atoms in total. The first-order chi connectivity index (χ1) is 3.31. The lowest BCUT2D eigenvalue weighted by atomic mass is 10.6. The molecule has 0 saturated heterocycles. The summed E-state index contributed by atoms with van der Waals surface area (Å²) < 4.78 is 0. The molecule has 36 valence electrons. The van der Waals surface area contributed by atoms with E-state index in [0.29, 0.717) is 0 Å². The van der Waals surface area contributed by atoms with Crippen LogP contribution in [0.1, 0.15) is 0 Å². The largest absolute Gasteiger partial charge is 0.269 e. The van der Waals surface area contributed by atoms with Crippen molar-refractivity contribution < 1.29 is 4.79 Å². The van der Waals surface area contributed by atoms with Crippen molar-refractivity contribution >= 4 is 5.91 Å². The van der Waals surface area contributed by atoms with Crippen molar-refractivity contribution in [2.24, 2.45) is 0 Å². The maximum Gasteiger partial charge on any atom is 0.256 e. The van der Waals surface area contributed by atoms with Crippen LogP contribution in [0.5, 0.6) is 0 Å². The number of amides is 1. The highest BCUT2D eigenvalue weighted by Crippen LogP contribution is 1.58. The van der Waals surface area contributed by atoms with Crippen molar-refractivity contribution in [3.63, 3.8) is 0 Å². The Morgan fingerprint density at radius 3 is 2.71 bits per heavy atom. The Hall–Kier alpha value is -1.30. The zero-order valence-electron chi connectivity index (χ0n) is 3.64. The van der Waals surface area contributed by atoms with Crippen LogP contribution in [0.25, 0.3) is 0 Å². The minimum Gasteiger partial charge on any atom is -0.269 e. The van der Waals surface area contributed by atoms with Gasteiger partial charge in [-0.1, -0.05) is 6.58 Å². The monoisotopic (exact) mass is 96.0 g/mol. The van der Waals surface area contributed by atoms with Crippen LogP contribution >= 0.6 is 0 Å². The minimum absolute atomic E-state index is 0.470. The van der Waals surface area contributed by atoms with E-state index in [0.717, 1.165) is 6.08 Å². The Bertz CT molecular complexity index is 122. The van der Waals surface area contributed by atoms with Crippen molar-refractivity contribution in [2.45, 2.75) is 0 Å². The van der Waals surface area contributed by atoms with Gasteiger partial charge in [0, 0.05) is 0 Å². The summed E-state index contributed by atoms with van der Waals surface area (Å²) >= 11 is 0. The van der Waals surface area contributed by atoms with Gasteiger partial charge in [-0.25, -0.2) is 0 Å². The topological polar surface area (TPSA) is 52.9 Å². The zero-order valence-corrected chi connectivity index (χ0v) is 3.64. The minimum atomic E-state index is -0.470. The van der Waals surface area contributed by atoms with E-state index in [-0.39, 0.29) is 0 Å². The fourth-order valence-corrected chi connectivity index (χ4v) is 0.106. The summed E-state index contributed by atoms with van der Waals surface area (Å²) in [5, 5.41) is 9.58. The molecule has 0 spiro atoms. The standard InChI is InChI=1S/C4H4N2O/c1-2-4(7)6-3-5/h2H,1H2,(H,6,7). The van der Waals surface area contributed by atoms with Crippen LogP contribution in [0, 0.1) is 11.5 Å². The number of nitrogens with one attached hydrogen (secondary N) is 1. The predicted molar refractivity (Wildman–Crippen MR) is 24.0 cm³/mol. The van der Waals surface area contributed by atoms with Crippen LogP contribution in [0.15, 0.2) is 12.7 Å². The van der Waals surface area contributed by atoms with E-state index < -0.39 is 5.91 Å². The van der Waals surface area contributed by atoms with E-state index in [2.05, 4.69) is 6.58 Å². The average molecular weight is 96.1 g/mol. The molecule has 0 aliphatic heterocycles. The van der Waals surface area contributed by atoms with E-state index in [1.807, 2.05) is 5.32 Å². The van der Waals surface area contributed by atoms with Crippen molar-refractivity contribution in [3.8, 4) is 6.19 Å². The summed E-state index contributed by atoms with van der Waals surface area (Å²) in [6, 6.07) is 0. The second-order valence-electron chi connectivity index (χ2n) is 0.805. The molecule has 1 amide bonds. The van der Waals surface area contributed by atoms with Gasteiger partial charge < -0.3 is 0 Å². The molecule has 1 N–H and O–H groups in total. The highest BCUT2D eigenvalue weighted by molar-refractivity contribution is 5.87. The van der Waals surface area contributed by atoms with Crippen LogP contribution in [0.4, 0.5) is 0 Å². The fourth-order valence-electron chi connectivity index (χ4n) is 0.106. The zero-order chi connectivity index (χ0) is 5.70. The van der Waals surface area contributed by atoms with Crippen LogP contribution in [-0.2, 0) is 4.79 Å². The van der Waals surface area contributed by atoms with Gasteiger partial charge >= 0.3 is 0 Å². The second-order valence-corrected chi connectivity index (χ2v) is 0.805. The highest BCUT2D eigenvalue weighted by Gasteiger charge is 1.84. The molecular weight excluding hydrogens is 92.1 g/mol. The SMILES string of the molecule is C=CC(=O)NC#N. The third kappa shape index (κ3) is 2.50. The van der Waals surface area contributed by atoms with Gasteiger partial charge in [-0.05, 0) is 6.08 Å². The number of nitrogens with zero attached hydrogens (tertiary/aromatic N) is 1. The van der Waals surface area contributed by atoms with Gasteiger partial charge in [-0.3, -0.25) is 10.1 Å². The predicted octanol–water partition coefficient (Wildman–Crippen LogP) is -0.230. The van der Waals surface area contributed by atoms with Gasteiger partial charge in [0.15, 0.2) is 6.19 Å². The maximum absolute atomic E-state index is 9.96. The quantitative estimate of drug-likeness (QED) is 0.278. The summed E-state index contributed by atoms with van der Waals surface area (Å²) in [6.45, 7) is 3.12. The molecule has 0 saturated carbocycles. The Morgan fingerprint density at radius 1 is 2.00 bits per heavy atom. The van der Waals surface area contributed by atoms with E-state index in [4.69, 9.17) is 5.26 Å². The smallest absolute Gasteiger partial charge is 0.256 e. The normalized spacial score (nSPS) is 6.14. The highest BCUT2D eigenvalue weighted by atomic mass is 16.1. The van der Waals surface area contributed by atoms with Gasteiger partial charge in [0.25, 0.3) is 5.91 Å². The molecule has 0 aromatic rings. The van der Waals surface area contributed by atoms with Gasteiger partial charge in [0.1, 0.15) is 0 Å². The van der Waals surface area contributed by atoms with Crippen molar-refractivity contribution in [3.05, 3.63) is 12.7 Å².